The van der Waals surface area contributed by atoms with Crippen molar-refractivity contribution in [2.45, 2.75) is 25.2 Å². The lowest BCUT2D eigenvalue weighted by atomic mass is 10.1. The Hall–Kier alpha value is -2.62. The quantitative estimate of drug-likeness (QED) is 0.618. The predicted octanol–water partition coefficient (Wildman–Crippen LogP) is 2.74. The van der Waals surface area contributed by atoms with Crippen molar-refractivity contribution in [2.24, 2.45) is 0 Å². The van der Waals surface area contributed by atoms with Crippen LogP contribution in [0.25, 0.3) is 0 Å². The van der Waals surface area contributed by atoms with Crippen molar-refractivity contribution in [3.63, 3.8) is 0 Å². The molecular formula is C23H31N3O5S. The second-order valence-electron chi connectivity index (χ2n) is 7.40. The van der Waals surface area contributed by atoms with Gasteiger partial charge in [-0.15, -0.1) is 0 Å². The number of nitrogens with zero attached hydrogens (tertiary/aromatic N) is 2. The lowest BCUT2D eigenvalue weighted by Gasteiger charge is -2.28. The molecule has 1 amide bonds. The molecule has 1 saturated heterocycles. The molecule has 9 heteroatoms. The summed E-state index contributed by atoms with van der Waals surface area (Å²) in [6.07, 6.45) is 0.113. The largest absolute Gasteiger partial charge is 0.496 e. The Labute approximate surface area is 190 Å². The second-order valence-corrected chi connectivity index (χ2v) is 9.34. The third-order valence-electron chi connectivity index (χ3n) is 5.50. The maximum absolute atomic E-state index is 13.1. The van der Waals surface area contributed by atoms with Crippen molar-refractivity contribution in [3.8, 4) is 5.75 Å². The normalized spacial score (nSPS) is 14.7. The molecule has 32 heavy (non-hydrogen) atoms. The van der Waals surface area contributed by atoms with Gasteiger partial charge in [0.2, 0.25) is 15.9 Å². The van der Waals surface area contributed by atoms with E-state index >= 15 is 0 Å². The predicted molar refractivity (Wildman–Crippen MR) is 125 cm³/mol. The molecule has 1 N–H and O–H groups in total. The number of para-hydroxylation sites is 1. The summed E-state index contributed by atoms with van der Waals surface area (Å²) in [5, 5.41) is 2.93. The zero-order valence-corrected chi connectivity index (χ0v) is 19.7. The van der Waals surface area contributed by atoms with Crippen molar-refractivity contribution in [1.82, 2.24) is 4.31 Å². The molecule has 174 valence electrons. The molecule has 2 aromatic carbocycles. The van der Waals surface area contributed by atoms with E-state index in [1.54, 1.807) is 31.4 Å². The molecular weight excluding hydrogens is 430 g/mol. The van der Waals surface area contributed by atoms with Crippen LogP contribution in [0, 0.1) is 0 Å². The van der Waals surface area contributed by atoms with Crippen LogP contribution >= 0.6 is 0 Å². The number of rotatable bonds is 9. The first-order chi connectivity index (χ1) is 15.4. The highest BCUT2D eigenvalue weighted by atomic mass is 32.2. The van der Waals surface area contributed by atoms with Gasteiger partial charge in [-0.3, -0.25) is 4.79 Å². The van der Waals surface area contributed by atoms with Crippen LogP contribution in [-0.4, -0.2) is 65.1 Å². The number of sulfonamides is 1. The van der Waals surface area contributed by atoms with Gasteiger partial charge >= 0.3 is 0 Å². The van der Waals surface area contributed by atoms with Gasteiger partial charge < -0.3 is 19.7 Å². The number of morpholine rings is 1. The highest BCUT2D eigenvalue weighted by molar-refractivity contribution is 7.89. The van der Waals surface area contributed by atoms with E-state index in [1.165, 1.54) is 4.31 Å². The molecule has 0 aromatic heterocycles. The number of nitrogens with one attached hydrogen (secondary N) is 1. The van der Waals surface area contributed by atoms with Gasteiger partial charge in [0.05, 0.1) is 43.0 Å². The summed E-state index contributed by atoms with van der Waals surface area (Å²) in [6.45, 7) is 6.86. The number of benzene rings is 2. The molecule has 8 nitrogen and oxygen atoms in total. The van der Waals surface area contributed by atoms with Crippen LogP contribution in [0.5, 0.6) is 5.75 Å². The highest BCUT2D eigenvalue weighted by Gasteiger charge is 2.27. The molecule has 1 aliphatic heterocycles. The first-order valence-electron chi connectivity index (χ1n) is 10.8. The van der Waals surface area contributed by atoms with E-state index in [0.29, 0.717) is 37.7 Å². The lowest BCUT2D eigenvalue weighted by molar-refractivity contribution is -0.115. The molecule has 0 bridgehead atoms. The van der Waals surface area contributed by atoms with Gasteiger partial charge in [0, 0.05) is 31.7 Å². The maximum Gasteiger partial charge on any atom is 0.243 e. The summed E-state index contributed by atoms with van der Waals surface area (Å²) in [6, 6.07) is 12.3. The monoisotopic (exact) mass is 461 g/mol. The summed E-state index contributed by atoms with van der Waals surface area (Å²) in [5.41, 5.74) is 2.02. The van der Waals surface area contributed by atoms with E-state index in [9.17, 15) is 13.2 Å². The summed E-state index contributed by atoms with van der Waals surface area (Å²) in [4.78, 5) is 15.1. The van der Waals surface area contributed by atoms with E-state index in [0.717, 1.165) is 24.3 Å². The second kappa shape index (κ2) is 10.8. The number of ether oxygens (including phenoxy) is 2. The smallest absolute Gasteiger partial charge is 0.243 e. The van der Waals surface area contributed by atoms with Crippen molar-refractivity contribution in [3.05, 3.63) is 48.0 Å². The minimum absolute atomic E-state index is 0.113. The Balaban J connectivity index is 1.92. The number of carbonyl (C=O) groups excluding carboxylic acids is 1. The van der Waals surface area contributed by atoms with Crippen LogP contribution in [-0.2, 0) is 26.0 Å². The third kappa shape index (κ3) is 5.40. The third-order valence-corrected chi connectivity index (χ3v) is 7.39. The number of carbonyl (C=O) groups is 1. The van der Waals surface area contributed by atoms with Crippen LogP contribution in [0.15, 0.2) is 47.4 Å². The molecule has 2 aromatic rings. The SMILES string of the molecule is CCN(CC)c1ccc(S(=O)(=O)N2CCOCC2)cc1NC(=O)Cc1ccccc1OC. The summed E-state index contributed by atoms with van der Waals surface area (Å²) >= 11 is 0. The van der Waals surface area contributed by atoms with E-state index in [-0.39, 0.29) is 17.2 Å². The molecule has 1 heterocycles. The van der Waals surface area contributed by atoms with E-state index in [1.807, 2.05) is 32.0 Å². The molecule has 0 saturated carbocycles. The number of hydrogen-bond acceptors (Lipinski definition) is 6. The number of hydrogen-bond donors (Lipinski definition) is 1. The molecule has 1 fully saturated rings. The average Bonchev–Trinajstić information content (AvgIpc) is 2.81. The molecule has 0 atom stereocenters. The van der Waals surface area contributed by atoms with Crippen LogP contribution in [0.4, 0.5) is 11.4 Å². The van der Waals surface area contributed by atoms with Gasteiger partial charge in [0.25, 0.3) is 0 Å². The zero-order chi connectivity index (χ0) is 23.1. The summed E-state index contributed by atoms with van der Waals surface area (Å²) in [5.74, 6) is 0.388. The fourth-order valence-corrected chi connectivity index (χ4v) is 5.20. The van der Waals surface area contributed by atoms with Gasteiger partial charge in [-0.2, -0.15) is 4.31 Å². The van der Waals surface area contributed by atoms with Crippen molar-refractivity contribution >= 4 is 27.3 Å². The molecule has 0 aliphatic carbocycles. The van der Waals surface area contributed by atoms with Crippen LogP contribution in [0.3, 0.4) is 0 Å². The molecule has 0 radical (unpaired) electrons. The van der Waals surface area contributed by atoms with Crippen LogP contribution in [0.1, 0.15) is 19.4 Å². The van der Waals surface area contributed by atoms with Gasteiger partial charge in [-0.1, -0.05) is 18.2 Å². The molecule has 1 aliphatic rings. The summed E-state index contributed by atoms with van der Waals surface area (Å²) < 4.78 is 38.3. The number of anilines is 2. The van der Waals surface area contributed by atoms with E-state index in [4.69, 9.17) is 9.47 Å². The van der Waals surface area contributed by atoms with Crippen molar-refractivity contribution < 1.29 is 22.7 Å². The van der Waals surface area contributed by atoms with Crippen LogP contribution < -0.4 is 15.0 Å². The number of amides is 1. The fraction of sp³-hybridized carbons (Fsp3) is 0.435. The maximum atomic E-state index is 13.1. The minimum Gasteiger partial charge on any atom is -0.496 e. The Morgan fingerprint density at radius 2 is 1.81 bits per heavy atom. The van der Waals surface area contributed by atoms with Crippen molar-refractivity contribution in [2.75, 3.05) is 56.7 Å². The molecule has 3 rings (SSSR count). The van der Waals surface area contributed by atoms with Crippen molar-refractivity contribution in [1.29, 1.82) is 0 Å². The number of methoxy groups -OCH3 is 1. The van der Waals surface area contributed by atoms with Gasteiger partial charge in [-0.05, 0) is 38.1 Å². The standard InChI is InChI=1S/C23H31N3O5S/c1-4-25(5-2)21-11-10-19(32(28,29)26-12-14-31-15-13-26)17-20(21)24-23(27)16-18-8-6-7-9-22(18)30-3/h6-11,17H,4-5,12-16H2,1-3H3,(H,24,27). The van der Waals surface area contributed by atoms with Gasteiger partial charge in [0.1, 0.15) is 5.75 Å². The first-order valence-corrected chi connectivity index (χ1v) is 12.2. The van der Waals surface area contributed by atoms with Crippen LogP contribution in [0.2, 0.25) is 0 Å². The molecule has 0 spiro atoms. The fourth-order valence-electron chi connectivity index (χ4n) is 3.77. The topological polar surface area (TPSA) is 88.2 Å². The first kappa shape index (κ1) is 24.0. The Morgan fingerprint density at radius 1 is 1.12 bits per heavy atom. The average molecular weight is 462 g/mol. The zero-order valence-electron chi connectivity index (χ0n) is 18.8. The minimum atomic E-state index is -3.68. The Morgan fingerprint density at radius 3 is 2.47 bits per heavy atom. The summed E-state index contributed by atoms with van der Waals surface area (Å²) in [7, 11) is -2.12. The Kier molecular flexibility index (Phi) is 8.11. The molecule has 0 unspecified atom stereocenters. The highest BCUT2D eigenvalue weighted by Crippen LogP contribution is 2.31. The Bertz CT molecular complexity index is 1030. The lowest BCUT2D eigenvalue weighted by Crippen LogP contribution is -2.40. The van der Waals surface area contributed by atoms with Gasteiger partial charge in [0.15, 0.2) is 0 Å². The van der Waals surface area contributed by atoms with E-state index in [2.05, 4.69) is 10.2 Å². The van der Waals surface area contributed by atoms with Gasteiger partial charge in [-0.25, -0.2) is 8.42 Å². The van der Waals surface area contributed by atoms with E-state index < -0.39 is 10.0 Å².